The van der Waals surface area contributed by atoms with Gasteiger partial charge in [0.1, 0.15) is 36.6 Å². The molecular weight excluding hydrogens is 504 g/mol. The van der Waals surface area contributed by atoms with Gasteiger partial charge in [0, 0.05) is 20.0 Å². The molecule has 0 aliphatic carbocycles. The quantitative estimate of drug-likeness (QED) is 0.110. The molecule has 2 aliphatic heterocycles. The highest BCUT2D eigenvalue weighted by Crippen LogP contribution is 2.37. The molecular formula is C21H38N2O14. The topological polar surface area (TPSA) is 271 Å². The van der Waals surface area contributed by atoms with Crippen molar-refractivity contribution in [3.05, 3.63) is 0 Å². The second-order valence-corrected chi connectivity index (χ2v) is 9.47. The molecule has 0 aromatic heterocycles. The lowest BCUT2D eigenvalue weighted by Crippen LogP contribution is -2.69. The summed E-state index contributed by atoms with van der Waals surface area (Å²) in [6, 6.07) is -2.39. The number of carboxylic acids is 2. The number of aliphatic carboxylic acids is 2. The van der Waals surface area contributed by atoms with Crippen molar-refractivity contribution in [2.24, 2.45) is 5.73 Å². The Balaban J connectivity index is 2.40. The number of ether oxygens (including phenoxy) is 4. The van der Waals surface area contributed by atoms with Crippen LogP contribution in [0.25, 0.3) is 0 Å². The number of aliphatic hydroxyl groups excluding tert-OH is 6. The Labute approximate surface area is 212 Å². The number of aliphatic hydroxyl groups is 6. The van der Waals surface area contributed by atoms with Gasteiger partial charge in [0.15, 0.2) is 5.60 Å². The van der Waals surface area contributed by atoms with Gasteiger partial charge in [0.2, 0.25) is 0 Å². The molecule has 2 heterocycles. The van der Waals surface area contributed by atoms with E-state index >= 15 is 0 Å². The van der Waals surface area contributed by atoms with Crippen molar-refractivity contribution < 1.29 is 69.4 Å². The number of nitrogens with two attached hydrogens (primary N) is 1. The third-order valence-corrected chi connectivity index (χ3v) is 6.94. The summed E-state index contributed by atoms with van der Waals surface area (Å²) in [5.41, 5.74) is 3.95. The lowest BCUT2D eigenvalue weighted by molar-refractivity contribution is -0.337. The van der Waals surface area contributed by atoms with Gasteiger partial charge >= 0.3 is 11.9 Å². The van der Waals surface area contributed by atoms with Crippen molar-refractivity contribution in [1.82, 2.24) is 5.32 Å². The maximum atomic E-state index is 12.4. The number of rotatable bonds is 12. The number of carbonyl (C=O) groups is 2. The molecule has 2 saturated heterocycles. The fourth-order valence-electron chi connectivity index (χ4n) is 4.69. The van der Waals surface area contributed by atoms with Gasteiger partial charge in [-0.3, -0.25) is 0 Å². The molecule has 0 amide bonds. The smallest absolute Gasteiger partial charge is 0.364 e. The van der Waals surface area contributed by atoms with Gasteiger partial charge in [0.25, 0.3) is 5.79 Å². The van der Waals surface area contributed by atoms with Crippen LogP contribution in [-0.2, 0) is 28.5 Å². The Bertz CT molecular complexity index is 786. The Morgan fingerprint density at radius 3 is 2.03 bits per heavy atom. The highest BCUT2D eigenvalue weighted by molar-refractivity contribution is 5.77. The zero-order valence-corrected chi connectivity index (χ0v) is 20.7. The fourth-order valence-corrected chi connectivity index (χ4v) is 4.69. The average molecular weight is 543 g/mol. The van der Waals surface area contributed by atoms with Crippen LogP contribution < -0.4 is 11.1 Å². The zero-order chi connectivity index (χ0) is 28.3. The first-order valence-corrected chi connectivity index (χ1v) is 11.6. The zero-order valence-electron chi connectivity index (χ0n) is 20.7. The Kier molecular flexibility index (Phi) is 10.7. The van der Waals surface area contributed by atoms with Crippen molar-refractivity contribution in [1.29, 1.82) is 0 Å². The van der Waals surface area contributed by atoms with Gasteiger partial charge < -0.3 is 70.9 Å². The molecule has 0 aromatic rings. The van der Waals surface area contributed by atoms with E-state index in [9.17, 15) is 50.4 Å². The van der Waals surface area contributed by atoms with Gasteiger partial charge in [-0.2, -0.15) is 0 Å². The highest BCUT2D eigenvalue weighted by atomic mass is 16.7. The number of methoxy groups -OCH3 is 1. The minimum atomic E-state index is -2.74. The van der Waals surface area contributed by atoms with Crippen LogP contribution in [-0.4, -0.2) is 152 Å². The van der Waals surface area contributed by atoms with Crippen LogP contribution in [0.3, 0.4) is 0 Å². The molecule has 8 unspecified atom stereocenters. The summed E-state index contributed by atoms with van der Waals surface area (Å²) in [6.07, 6.45) is -13.9. The van der Waals surface area contributed by atoms with Crippen LogP contribution in [0.15, 0.2) is 0 Å². The fraction of sp³-hybridized carbons (Fsp3) is 0.905. The lowest BCUT2D eigenvalue weighted by atomic mass is 9.85. The molecule has 0 bridgehead atoms. The van der Waals surface area contributed by atoms with E-state index in [4.69, 9.17) is 24.7 Å². The molecule has 37 heavy (non-hydrogen) atoms. The van der Waals surface area contributed by atoms with Crippen LogP contribution in [0, 0.1) is 0 Å². The standard InChI is InChI=1S/C21H38N2O14/c1-20(18(30)31)4-8(26)12(22)16(36-20)15(29)11(7-25)35-21(19(32)33)5-9(27)13(23-2)17(37-21)14(28)10(6-24)34-3/h8-17,23-29H,4-7,22H2,1-3H3,(H,30,31)(H,32,33)/t8?,9?,10-,11-,12?,13?,14-,15-,16?,17?,20?,21?/m1/s1. The molecule has 0 aromatic carbocycles. The van der Waals surface area contributed by atoms with E-state index in [1.54, 1.807) is 0 Å². The predicted molar refractivity (Wildman–Crippen MR) is 120 cm³/mol. The Morgan fingerprint density at radius 1 is 1.00 bits per heavy atom. The van der Waals surface area contributed by atoms with E-state index < -0.39 is 110 Å². The first-order chi connectivity index (χ1) is 17.2. The maximum Gasteiger partial charge on any atom is 0.364 e. The Hall–Kier alpha value is -1.54. The van der Waals surface area contributed by atoms with Crippen LogP contribution in [0.4, 0.5) is 0 Å². The van der Waals surface area contributed by atoms with Crippen molar-refractivity contribution in [2.75, 3.05) is 27.4 Å². The second kappa shape index (κ2) is 12.5. The molecule has 0 saturated carbocycles. The number of hydrogen-bond donors (Lipinski definition) is 10. The summed E-state index contributed by atoms with van der Waals surface area (Å²) in [5.74, 6) is -5.98. The number of nitrogens with one attached hydrogen (secondary N) is 1. The van der Waals surface area contributed by atoms with Crippen molar-refractivity contribution in [3.63, 3.8) is 0 Å². The summed E-state index contributed by atoms with van der Waals surface area (Å²) in [5, 5.41) is 84.3. The first kappa shape index (κ1) is 31.7. The molecule has 16 nitrogen and oxygen atoms in total. The summed E-state index contributed by atoms with van der Waals surface area (Å²) < 4.78 is 21.6. The number of likely N-dealkylation sites (N-methyl/N-ethyl adjacent to an activating group) is 1. The molecule has 11 N–H and O–H groups in total. The van der Waals surface area contributed by atoms with Gasteiger partial charge in [-0.05, 0) is 14.0 Å². The summed E-state index contributed by atoms with van der Waals surface area (Å²) in [7, 11) is 2.60. The molecule has 2 fully saturated rings. The van der Waals surface area contributed by atoms with Crippen LogP contribution in [0.5, 0.6) is 0 Å². The maximum absolute atomic E-state index is 12.4. The SMILES string of the molecule is CNC1C(O)CC(O[C@H](CO)[C@@H](O)C2OC(C)(C(=O)O)CC(O)C2N)(C(=O)O)OC1[C@H](O)[C@@H](CO)OC. The molecule has 12 atom stereocenters. The third-order valence-electron chi connectivity index (χ3n) is 6.94. The molecule has 2 aliphatic rings. The van der Waals surface area contributed by atoms with Crippen molar-refractivity contribution in [2.45, 2.75) is 92.1 Å². The van der Waals surface area contributed by atoms with E-state index in [0.29, 0.717) is 0 Å². The minimum absolute atomic E-state index is 0.401. The van der Waals surface area contributed by atoms with Gasteiger partial charge in [-0.1, -0.05) is 0 Å². The normalized spacial score (nSPS) is 39.9. The average Bonchev–Trinajstić information content (AvgIpc) is 2.84. The van der Waals surface area contributed by atoms with E-state index in [1.807, 2.05) is 0 Å². The minimum Gasteiger partial charge on any atom is -0.479 e. The van der Waals surface area contributed by atoms with E-state index in [0.717, 1.165) is 6.92 Å². The van der Waals surface area contributed by atoms with E-state index in [2.05, 4.69) is 5.32 Å². The van der Waals surface area contributed by atoms with E-state index in [-0.39, 0.29) is 0 Å². The van der Waals surface area contributed by atoms with Crippen LogP contribution >= 0.6 is 0 Å². The van der Waals surface area contributed by atoms with Crippen molar-refractivity contribution in [3.8, 4) is 0 Å². The Morgan fingerprint density at radius 2 is 1.57 bits per heavy atom. The highest BCUT2D eigenvalue weighted by Gasteiger charge is 2.58. The molecule has 2 rings (SSSR count). The summed E-state index contributed by atoms with van der Waals surface area (Å²) >= 11 is 0. The van der Waals surface area contributed by atoms with Gasteiger partial charge in [-0.25, -0.2) is 9.59 Å². The van der Waals surface area contributed by atoms with Crippen molar-refractivity contribution >= 4 is 11.9 Å². The first-order valence-electron chi connectivity index (χ1n) is 11.6. The monoisotopic (exact) mass is 542 g/mol. The summed E-state index contributed by atoms with van der Waals surface area (Å²) in [6.45, 7) is -0.567. The van der Waals surface area contributed by atoms with Gasteiger partial charge in [0.05, 0.1) is 37.5 Å². The van der Waals surface area contributed by atoms with Crippen LogP contribution in [0.2, 0.25) is 0 Å². The number of hydrogen-bond acceptors (Lipinski definition) is 14. The molecule has 0 radical (unpaired) electrons. The lowest BCUT2D eigenvalue weighted by Gasteiger charge is -2.49. The van der Waals surface area contributed by atoms with E-state index in [1.165, 1.54) is 14.2 Å². The predicted octanol–water partition coefficient (Wildman–Crippen LogP) is -5.07. The molecule has 216 valence electrons. The van der Waals surface area contributed by atoms with Gasteiger partial charge in [-0.15, -0.1) is 0 Å². The largest absolute Gasteiger partial charge is 0.479 e. The molecule has 16 heteroatoms. The number of carboxylic acid groups (broad SMARTS) is 2. The summed E-state index contributed by atoms with van der Waals surface area (Å²) in [4.78, 5) is 24.0. The second-order valence-electron chi connectivity index (χ2n) is 9.47. The third kappa shape index (κ3) is 6.38. The molecule has 0 spiro atoms. The van der Waals surface area contributed by atoms with Crippen LogP contribution in [0.1, 0.15) is 19.8 Å².